The molecule has 0 saturated carbocycles. The molecule has 0 aliphatic rings. The molecule has 0 fully saturated rings. The van der Waals surface area contributed by atoms with Crippen molar-refractivity contribution in [3.8, 4) is 0 Å². The van der Waals surface area contributed by atoms with Crippen molar-refractivity contribution in [1.82, 2.24) is 0 Å². The van der Waals surface area contributed by atoms with Crippen LogP contribution in [0.4, 0.5) is 5.69 Å². The Morgan fingerprint density at radius 3 is 2.61 bits per heavy atom. The Morgan fingerprint density at radius 1 is 1.39 bits per heavy atom. The third-order valence-corrected chi connectivity index (χ3v) is 2.94. The predicted octanol–water partition coefficient (Wildman–Crippen LogP) is 3.97. The minimum absolute atomic E-state index is 0.344. The van der Waals surface area contributed by atoms with Crippen molar-refractivity contribution < 1.29 is 9.53 Å². The monoisotopic (exact) mass is 269 g/mol. The first kappa shape index (κ1) is 14.8. The Kier molecular flexibility index (Phi) is 5.48. The largest absolute Gasteiger partial charge is 0.465 e. The summed E-state index contributed by atoms with van der Waals surface area (Å²) in [6.45, 7) is 6.48. The van der Waals surface area contributed by atoms with Crippen molar-refractivity contribution in [3.63, 3.8) is 0 Å². The Bertz CT molecular complexity index is 418. The van der Waals surface area contributed by atoms with Crippen LogP contribution in [0.15, 0.2) is 18.2 Å². The number of benzene rings is 1. The molecule has 1 aromatic carbocycles. The van der Waals surface area contributed by atoms with Gasteiger partial charge in [0.05, 0.1) is 17.7 Å². The molecule has 0 heterocycles. The number of anilines is 1. The van der Waals surface area contributed by atoms with Crippen LogP contribution in [-0.2, 0) is 4.74 Å². The summed E-state index contributed by atoms with van der Waals surface area (Å²) in [5.74, 6) is 0.208. The first-order valence-electron chi connectivity index (χ1n) is 6.08. The van der Waals surface area contributed by atoms with E-state index in [1.54, 1.807) is 12.1 Å². The maximum Gasteiger partial charge on any atom is 0.339 e. The highest BCUT2D eigenvalue weighted by molar-refractivity contribution is 6.33. The Hall–Kier alpha value is -1.22. The second kappa shape index (κ2) is 6.64. The van der Waals surface area contributed by atoms with Crippen molar-refractivity contribution >= 4 is 23.3 Å². The molecular weight excluding hydrogens is 250 g/mol. The molecule has 0 radical (unpaired) electrons. The highest BCUT2D eigenvalue weighted by atomic mass is 35.5. The average molecular weight is 270 g/mol. The number of carbonyl (C=O) groups excluding carboxylic acids is 1. The van der Waals surface area contributed by atoms with Gasteiger partial charge in [0.15, 0.2) is 0 Å². The van der Waals surface area contributed by atoms with E-state index >= 15 is 0 Å². The molecule has 1 aromatic rings. The first-order valence-corrected chi connectivity index (χ1v) is 6.46. The van der Waals surface area contributed by atoms with Crippen LogP contribution in [0.1, 0.15) is 37.6 Å². The molecule has 0 bridgehead atoms. The Morgan fingerprint density at radius 2 is 2.06 bits per heavy atom. The molecule has 1 rings (SSSR count). The highest BCUT2D eigenvalue weighted by Crippen LogP contribution is 2.22. The van der Waals surface area contributed by atoms with Crippen LogP contribution in [0.3, 0.4) is 0 Å². The highest BCUT2D eigenvalue weighted by Gasteiger charge is 2.12. The number of halogens is 1. The molecule has 100 valence electrons. The number of hydrogen-bond acceptors (Lipinski definition) is 3. The summed E-state index contributed by atoms with van der Waals surface area (Å²) in [5.41, 5.74) is 1.27. The topological polar surface area (TPSA) is 38.3 Å². The van der Waals surface area contributed by atoms with E-state index in [0.29, 0.717) is 22.5 Å². The number of ether oxygens (including phenoxy) is 1. The van der Waals surface area contributed by atoms with Gasteiger partial charge in [-0.1, -0.05) is 25.4 Å². The molecule has 18 heavy (non-hydrogen) atoms. The molecule has 1 unspecified atom stereocenters. The molecule has 0 saturated heterocycles. The fraction of sp³-hybridized carbons (Fsp3) is 0.500. The van der Waals surface area contributed by atoms with Crippen LogP contribution < -0.4 is 5.32 Å². The number of carbonyl (C=O) groups is 1. The fourth-order valence-electron chi connectivity index (χ4n) is 1.93. The average Bonchev–Trinajstić information content (AvgIpc) is 2.29. The molecule has 1 N–H and O–H groups in total. The van der Waals surface area contributed by atoms with E-state index in [0.717, 1.165) is 12.1 Å². The van der Waals surface area contributed by atoms with E-state index in [9.17, 15) is 4.79 Å². The van der Waals surface area contributed by atoms with E-state index in [2.05, 4.69) is 26.1 Å². The van der Waals surface area contributed by atoms with Crippen molar-refractivity contribution in [2.75, 3.05) is 12.4 Å². The van der Waals surface area contributed by atoms with Gasteiger partial charge in [-0.15, -0.1) is 0 Å². The molecule has 3 nitrogen and oxygen atoms in total. The van der Waals surface area contributed by atoms with Crippen LogP contribution in [0, 0.1) is 5.92 Å². The van der Waals surface area contributed by atoms with E-state index in [1.807, 2.05) is 6.07 Å². The van der Waals surface area contributed by atoms with E-state index in [4.69, 9.17) is 16.3 Å². The number of rotatable bonds is 5. The SMILES string of the molecule is COC(=O)c1cc(NC(C)CC(C)C)ccc1Cl. The molecule has 0 aliphatic heterocycles. The third kappa shape index (κ3) is 4.22. The van der Waals surface area contributed by atoms with Crippen LogP contribution in [0.5, 0.6) is 0 Å². The van der Waals surface area contributed by atoms with Crippen LogP contribution in [0.25, 0.3) is 0 Å². The molecule has 0 spiro atoms. The van der Waals surface area contributed by atoms with Gasteiger partial charge in [-0.25, -0.2) is 4.79 Å². The Labute approximate surface area is 113 Å². The Balaban J connectivity index is 2.82. The van der Waals surface area contributed by atoms with Gasteiger partial charge in [0, 0.05) is 11.7 Å². The number of nitrogens with one attached hydrogen (secondary N) is 1. The molecule has 4 heteroatoms. The van der Waals surface area contributed by atoms with Gasteiger partial charge in [-0.3, -0.25) is 0 Å². The van der Waals surface area contributed by atoms with E-state index in [1.165, 1.54) is 7.11 Å². The van der Waals surface area contributed by atoms with Crippen molar-refractivity contribution in [3.05, 3.63) is 28.8 Å². The minimum Gasteiger partial charge on any atom is -0.465 e. The number of hydrogen-bond donors (Lipinski definition) is 1. The van der Waals surface area contributed by atoms with Gasteiger partial charge in [-0.05, 0) is 37.5 Å². The standard InChI is InChI=1S/C14H20ClNO2/c1-9(2)7-10(3)16-11-5-6-13(15)12(8-11)14(17)18-4/h5-6,8-10,16H,7H2,1-4H3. The zero-order valence-electron chi connectivity index (χ0n) is 11.3. The summed E-state index contributed by atoms with van der Waals surface area (Å²) < 4.78 is 4.69. The summed E-state index contributed by atoms with van der Waals surface area (Å²) in [7, 11) is 1.35. The molecule has 0 aliphatic carbocycles. The second-order valence-corrected chi connectivity index (χ2v) is 5.27. The number of methoxy groups -OCH3 is 1. The summed E-state index contributed by atoms with van der Waals surface area (Å²) >= 11 is 5.96. The third-order valence-electron chi connectivity index (χ3n) is 2.61. The normalized spacial score (nSPS) is 12.3. The molecule has 0 aromatic heterocycles. The van der Waals surface area contributed by atoms with Crippen molar-refractivity contribution in [2.45, 2.75) is 33.2 Å². The van der Waals surface area contributed by atoms with Crippen LogP contribution in [-0.4, -0.2) is 19.1 Å². The summed E-state index contributed by atoms with van der Waals surface area (Å²) in [6, 6.07) is 5.64. The van der Waals surface area contributed by atoms with E-state index in [-0.39, 0.29) is 0 Å². The van der Waals surface area contributed by atoms with E-state index < -0.39 is 5.97 Å². The maximum absolute atomic E-state index is 11.5. The van der Waals surface area contributed by atoms with Gasteiger partial charge >= 0.3 is 5.97 Å². The van der Waals surface area contributed by atoms with Gasteiger partial charge < -0.3 is 10.1 Å². The quantitative estimate of drug-likeness (QED) is 0.822. The lowest BCUT2D eigenvalue weighted by Crippen LogP contribution is -2.17. The second-order valence-electron chi connectivity index (χ2n) is 4.86. The zero-order valence-corrected chi connectivity index (χ0v) is 12.0. The van der Waals surface area contributed by atoms with Gasteiger partial charge in [0.2, 0.25) is 0 Å². The van der Waals surface area contributed by atoms with Gasteiger partial charge in [-0.2, -0.15) is 0 Å². The first-order chi connectivity index (χ1) is 8.43. The molecular formula is C14H20ClNO2. The lowest BCUT2D eigenvalue weighted by Gasteiger charge is -2.17. The van der Waals surface area contributed by atoms with Gasteiger partial charge in [0.25, 0.3) is 0 Å². The summed E-state index contributed by atoms with van der Waals surface area (Å²) in [5, 5.41) is 3.76. The molecule has 1 atom stereocenters. The summed E-state index contributed by atoms with van der Waals surface area (Å²) in [4.78, 5) is 11.5. The predicted molar refractivity (Wildman–Crippen MR) is 75.3 cm³/mol. The smallest absolute Gasteiger partial charge is 0.339 e. The van der Waals surface area contributed by atoms with Gasteiger partial charge in [0.1, 0.15) is 0 Å². The zero-order chi connectivity index (χ0) is 13.7. The lowest BCUT2D eigenvalue weighted by molar-refractivity contribution is 0.0601. The van der Waals surface area contributed by atoms with Crippen molar-refractivity contribution in [1.29, 1.82) is 0 Å². The van der Waals surface area contributed by atoms with Crippen LogP contribution >= 0.6 is 11.6 Å². The summed E-state index contributed by atoms with van der Waals surface area (Å²) in [6.07, 6.45) is 1.07. The fourth-order valence-corrected chi connectivity index (χ4v) is 2.13. The minimum atomic E-state index is -0.417. The van der Waals surface area contributed by atoms with Crippen LogP contribution in [0.2, 0.25) is 5.02 Å². The van der Waals surface area contributed by atoms with Crippen molar-refractivity contribution in [2.24, 2.45) is 5.92 Å². The molecule has 0 amide bonds. The number of esters is 1. The maximum atomic E-state index is 11.5. The lowest BCUT2D eigenvalue weighted by atomic mass is 10.0.